The van der Waals surface area contributed by atoms with Gasteiger partial charge >= 0.3 is 0 Å². The zero-order valence-electron chi connectivity index (χ0n) is 14.7. The molecule has 0 radical (unpaired) electrons. The summed E-state index contributed by atoms with van der Waals surface area (Å²) >= 11 is 0. The highest BCUT2D eigenvalue weighted by molar-refractivity contribution is 7.89. The first-order valence-corrected chi connectivity index (χ1v) is 9.87. The quantitative estimate of drug-likeness (QED) is 0.824. The number of carbonyl (C=O) groups is 1. The predicted molar refractivity (Wildman–Crippen MR) is 87.9 cm³/mol. The number of piperidine rings is 1. The summed E-state index contributed by atoms with van der Waals surface area (Å²) in [5.74, 6) is 0.396. The van der Waals surface area contributed by atoms with Crippen LogP contribution in [-0.4, -0.2) is 54.4 Å². The van der Waals surface area contributed by atoms with Crippen LogP contribution < -0.4 is 0 Å². The number of rotatable bonds is 3. The van der Waals surface area contributed by atoms with Crippen molar-refractivity contribution in [2.45, 2.75) is 57.9 Å². The number of amides is 1. The molecule has 3 heterocycles. The van der Waals surface area contributed by atoms with E-state index in [9.17, 15) is 13.2 Å². The topological polar surface area (TPSA) is 83.7 Å². The molecule has 24 heavy (non-hydrogen) atoms. The summed E-state index contributed by atoms with van der Waals surface area (Å²) < 4.78 is 32.4. The zero-order chi connectivity index (χ0) is 17.7. The van der Waals surface area contributed by atoms with Gasteiger partial charge in [-0.3, -0.25) is 4.79 Å². The van der Waals surface area contributed by atoms with Gasteiger partial charge in [0.2, 0.25) is 15.9 Å². The Balaban J connectivity index is 1.89. The van der Waals surface area contributed by atoms with Gasteiger partial charge in [0.05, 0.1) is 5.41 Å². The third-order valence-electron chi connectivity index (χ3n) is 5.28. The number of carbonyl (C=O) groups excluding carboxylic acids is 1. The van der Waals surface area contributed by atoms with Crippen LogP contribution in [0.3, 0.4) is 0 Å². The fraction of sp³-hybridized carbons (Fsp3) is 0.750. The molecule has 1 aromatic rings. The molecular weight excluding hydrogens is 330 g/mol. The third-order valence-corrected chi connectivity index (χ3v) is 7.37. The Hall–Kier alpha value is -1.41. The molecule has 2 aliphatic heterocycles. The first-order valence-electron chi connectivity index (χ1n) is 8.43. The van der Waals surface area contributed by atoms with E-state index in [0.29, 0.717) is 24.4 Å². The van der Waals surface area contributed by atoms with Crippen molar-refractivity contribution in [2.75, 3.05) is 19.6 Å². The molecular formula is C16H25N3O4S. The molecule has 2 fully saturated rings. The summed E-state index contributed by atoms with van der Waals surface area (Å²) in [5.41, 5.74) is -0.207. The molecule has 7 nitrogen and oxygen atoms in total. The number of nitrogens with zero attached hydrogens (tertiary/aromatic N) is 3. The minimum Gasteiger partial charge on any atom is -0.360 e. The summed E-state index contributed by atoms with van der Waals surface area (Å²) in [4.78, 5) is 15.0. The van der Waals surface area contributed by atoms with Crippen molar-refractivity contribution < 1.29 is 17.7 Å². The van der Waals surface area contributed by atoms with Gasteiger partial charge in [-0.1, -0.05) is 5.16 Å². The summed E-state index contributed by atoms with van der Waals surface area (Å²) in [6.45, 7) is 8.61. The lowest BCUT2D eigenvalue weighted by Gasteiger charge is -2.41. The van der Waals surface area contributed by atoms with Crippen LogP contribution in [0.15, 0.2) is 9.42 Å². The minimum absolute atomic E-state index is 0.0974. The number of likely N-dealkylation sites (tertiary alicyclic amines) is 1. The van der Waals surface area contributed by atoms with E-state index in [1.54, 1.807) is 13.8 Å². The summed E-state index contributed by atoms with van der Waals surface area (Å²) in [6.07, 6.45) is 2.25. The van der Waals surface area contributed by atoms with E-state index < -0.39 is 15.4 Å². The fourth-order valence-corrected chi connectivity index (χ4v) is 5.80. The van der Waals surface area contributed by atoms with Crippen molar-refractivity contribution in [1.29, 1.82) is 0 Å². The van der Waals surface area contributed by atoms with Crippen LogP contribution in [0.1, 0.15) is 44.6 Å². The van der Waals surface area contributed by atoms with Crippen molar-refractivity contribution in [3.05, 3.63) is 11.5 Å². The average Bonchev–Trinajstić information content (AvgIpc) is 3.07. The van der Waals surface area contributed by atoms with E-state index in [4.69, 9.17) is 4.52 Å². The molecule has 134 valence electrons. The van der Waals surface area contributed by atoms with Gasteiger partial charge in [0.1, 0.15) is 10.6 Å². The molecule has 1 amide bonds. The Kier molecular flexibility index (Phi) is 4.24. The van der Waals surface area contributed by atoms with Crippen LogP contribution in [0, 0.1) is 19.3 Å². The van der Waals surface area contributed by atoms with Crippen molar-refractivity contribution in [3.8, 4) is 0 Å². The van der Waals surface area contributed by atoms with E-state index in [1.807, 2.05) is 18.7 Å². The van der Waals surface area contributed by atoms with Crippen LogP contribution in [0.25, 0.3) is 0 Å². The molecule has 1 spiro atoms. The number of hydrogen-bond acceptors (Lipinski definition) is 5. The van der Waals surface area contributed by atoms with Crippen LogP contribution in [0.5, 0.6) is 0 Å². The van der Waals surface area contributed by atoms with E-state index in [0.717, 1.165) is 19.4 Å². The highest BCUT2D eigenvalue weighted by atomic mass is 32.2. The van der Waals surface area contributed by atoms with Gasteiger partial charge in [-0.15, -0.1) is 0 Å². The molecule has 0 bridgehead atoms. The maximum absolute atomic E-state index is 13.0. The van der Waals surface area contributed by atoms with Crippen molar-refractivity contribution >= 4 is 15.9 Å². The molecule has 3 rings (SSSR count). The van der Waals surface area contributed by atoms with Crippen molar-refractivity contribution in [3.63, 3.8) is 0 Å². The van der Waals surface area contributed by atoms with Gasteiger partial charge in [-0.05, 0) is 47.0 Å². The summed E-state index contributed by atoms with van der Waals surface area (Å²) in [6, 6.07) is 0.142. The van der Waals surface area contributed by atoms with Crippen LogP contribution in [-0.2, 0) is 14.8 Å². The third kappa shape index (κ3) is 2.56. The summed E-state index contributed by atoms with van der Waals surface area (Å²) in [5, 5.41) is 3.75. The molecule has 0 N–H and O–H groups in total. The Morgan fingerprint density at radius 1 is 1.21 bits per heavy atom. The lowest BCUT2D eigenvalue weighted by Crippen LogP contribution is -2.52. The standard InChI is InChI=1S/C16H25N3O4S/c1-11(2)19-8-5-6-16(15(19)20)7-9-18(10-16)24(21,22)14-12(3)17-23-13(14)4/h11H,5-10H2,1-4H3/t16-/m1/s1. The highest BCUT2D eigenvalue weighted by Gasteiger charge is 2.51. The van der Waals surface area contributed by atoms with E-state index >= 15 is 0 Å². The minimum atomic E-state index is -3.69. The SMILES string of the molecule is Cc1noc(C)c1S(=O)(=O)N1CC[C@]2(CCCN(C(C)C)C2=O)C1. The maximum atomic E-state index is 13.0. The second-order valence-electron chi connectivity index (χ2n) is 7.22. The van der Waals surface area contributed by atoms with Gasteiger partial charge in [-0.2, -0.15) is 4.31 Å². The van der Waals surface area contributed by atoms with Gasteiger partial charge in [0.25, 0.3) is 0 Å². The molecule has 0 aliphatic carbocycles. The van der Waals surface area contributed by atoms with Gasteiger partial charge < -0.3 is 9.42 Å². The lowest BCUT2D eigenvalue weighted by atomic mass is 9.78. The first-order chi connectivity index (χ1) is 11.2. The summed E-state index contributed by atoms with van der Waals surface area (Å²) in [7, 11) is -3.69. The second-order valence-corrected chi connectivity index (χ2v) is 9.09. The van der Waals surface area contributed by atoms with Crippen LogP contribution >= 0.6 is 0 Å². The second kappa shape index (κ2) is 5.84. The Bertz CT molecular complexity index is 736. The molecule has 0 aromatic carbocycles. The normalized spacial score (nSPS) is 26.0. The first kappa shape index (κ1) is 17.4. The molecule has 0 saturated carbocycles. The Labute approximate surface area is 143 Å². The van der Waals surface area contributed by atoms with Crippen LogP contribution in [0.4, 0.5) is 0 Å². The maximum Gasteiger partial charge on any atom is 0.248 e. The molecule has 8 heteroatoms. The monoisotopic (exact) mass is 355 g/mol. The molecule has 0 unspecified atom stereocenters. The van der Waals surface area contributed by atoms with Gasteiger partial charge in [0, 0.05) is 25.7 Å². The lowest BCUT2D eigenvalue weighted by molar-refractivity contribution is -0.147. The largest absolute Gasteiger partial charge is 0.360 e. The van der Waals surface area contributed by atoms with E-state index in [2.05, 4.69) is 5.16 Å². The Morgan fingerprint density at radius 2 is 1.92 bits per heavy atom. The molecule has 1 aromatic heterocycles. The number of aryl methyl sites for hydroxylation is 2. The smallest absolute Gasteiger partial charge is 0.248 e. The van der Waals surface area contributed by atoms with E-state index in [-0.39, 0.29) is 23.4 Å². The average molecular weight is 355 g/mol. The molecule has 2 aliphatic rings. The van der Waals surface area contributed by atoms with Crippen LogP contribution in [0.2, 0.25) is 0 Å². The van der Waals surface area contributed by atoms with Crippen molar-refractivity contribution in [1.82, 2.24) is 14.4 Å². The highest BCUT2D eigenvalue weighted by Crippen LogP contribution is 2.42. The van der Waals surface area contributed by atoms with Gasteiger partial charge in [0.15, 0.2) is 5.76 Å². The number of aromatic nitrogens is 1. The van der Waals surface area contributed by atoms with E-state index in [1.165, 1.54) is 4.31 Å². The van der Waals surface area contributed by atoms with Crippen molar-refractivity contribution in [2.24, 2.45) is 5.41 Å². The zero-order valence-corrected chi connectivity index (χ0v) is 15.5. The fourth-order valence-electron chi connectivity index (χ4n) is 3.98. The molecule has 1 atom stereocenters. The number of sulfonamides is 1. The predicted octanol–water partition coefficient (Wildman–Crippen LogP) is 1.70. The molecule has 2 saturated heterocycles. The Morgan fingerprint density at radius 3 is 2.50 bits per heavy atom. The van der Waals surface area contributed by atoms with Gasteiger partial charge in [-0.25, -0.2) is 8.42 Å². The number of hydrogen-bond donors (Lipinski definition) is 0.